The van der Waals surface area contributed by atoms with E-state index >= 15 is 0 Å². The third kappa shape index (κ3) is 0.912. The van der Waals surface area contributed by atoms with Gasteiger partial charge in [0.25, 0.3) is 0 Å². The first-order valence-corrected chi connectivity index (χ1v) is 1.88. The molecule has 1 saturated heterocycles. The SMILES string of the molecule is F[C@@H]1O[C@H]1C(F)(F)F. The van der Waals surface area contributed by atoms with Gasteiger partial charge in [0, 0.05) is 0 Å². The minimum absolute atomic E-state index is 2.12. The third-order valence-electron chi connectivity index (χ3n) is 0.761. The van der Waals surface area contributed by atoms with E-state index in [1.54, 1.807) is 0 Å². The molecule has 0 amide bonds. The second-order valence-electron chi connectivity index (χ2n) is 1.45. The van der Waals surface area contributed by atoms with Crippen LogP contribution in [0.25, 0.3) is 0 Å². The van der Waals surface area contributed by atoms with Gasteiger partial charge in [-0.2, -0.15) is 13.2 Å². The summed E-state index contributed by atoms with van der Waals surface area (Å²) in [7, 11) is 0. The van der Waals surface area contributed by atoms with Crippen molar-refractivity contribution < 1.29 is 22.3 Å². The molecule has 2 atom stereocenters. The molecule has 0 aromatic carbocycles. The van der Waals surface area contributed by atoms with E-state index in [9.17, 15) is 17.6 Å². The maximum Gasteiger partial charge on any atom is 0.420 e. The summed E-state index contributed by atoms with van der Waals surface area (Å²) in [5.74, 6) is 0. The predicted octanol–water partition coefficient (Wildman–Crippen LogP) is 1.24. The summed E-state index contributed by atoms with van der Waals surface area (Å²) < 4.78 is 48.2. The van der Waals surface area contributed by atoms with Crippen LogP contribution in [0.4, 0.5) is 17.6 Å². The van der Waals surface area contributed by atoms with Gasteiger partial charge in [0.2, 0.25) is 12.5 Å². The van der Waals surface area contributed by atoms with Gasteiger partial charge < -0.3 is 4.74 Å². The molecule has 1 fully saturated rings. The van der Waals surface area contributed by atoms with E-state index in [1.165, 1.54) is 0 Å². The lowest BCUT2D eigenvalue weighted by Crippen LogP contribution is -2.17. The van der Waals surface area contributed by atoms with Crippen LogP contribution in [0.1, 0.15) is 0 Å². The molecule has 1 heterocycles. The van der Waals surface area contributed by atoms with Crippen LogP contribution in [0.2, 0.25) is 0 Å². The second kappa shape index (κ2) is 1.34. The highest BCUT2D eigenvalue weighted by Gasteiger charge is 2.59. The van der Waals surface area contributed by atoms with Crippen molar-refractivity contribution >= 4 is 0 Å². The zero-order valence-corrected chi connectivity index (χ0v) is 3.57. The standard InChI is InChI=1S/C3H2F4O/c4-2-1(8-2)3(5,6)7/h1-2H/t1-,2-/m1/s1. The minimum atomic E-state index is -4.51. The van der Waals surface area contributed by atoms with E-state index in [2.05, 4.69) is 4.74 Å². The van der Waals surface area contributed by atoms with Gasteiger partial charge in [0.15, 0.2) is 0 Å². The molecule has 5 heteroatoms. The molecule has 1 nitrogen and oxygen atoms in total. The highest BCUT2D eigenvalue weighted by atomic mass is 19.4. The first-order chi connectivity index (χ1) is 3.52. The number of halogens is 4. The molecule has 8 heavy (non-hydrogen) atoms. The monoisotopic (exact) mass is 130 g/mol. The Bertz CT molecular complexity index is 97.9. The van der Waals surface area contributed by atoms with Gasteiger partial charge in [-0.3, -0.25) is 0 Å². The van der Waals surface area contributed by atoms with Crippen LogP contribution in [0.5, 0.6) is 0 Å². The van der Waals surface area contributed by atoms with Gasteiger partial charge in [-0.05, 0) is 0 Å². The molecule has 1 rings (SSSR count). The highest BCUT2D eigenvalue weighted by molar-refractivity contribution is 4.82. The largest absolute Gasteiger partial charge is 0.420 e. The van der Waals surface area contributed by atoms with Crippen molar-refractivity contribution in [2.75, 3.05) is 0 Å². The van der Waals surface area contributed by atoms with Crippen LogP contribution in [0, 0.1) is 0 Å². The van der Waals surface area contributed by atoms with E-state index in [-0.39, 0.29) is 0 Å². The molecule has 0 aromatic rings. The number of ether oxygens (including phenoxy) is 1. The second-order valence-corrected chi connectivity index (χ2v) is 1.45. The van der Waals surface area contributed by atoms with Crippen LogP contribution in [0.15, 0.2) is 0 Å². The first kappa shape index (κ1) is 5.81. The molecule has 0 N–H and O–H groups in total. The van der Waals surface area contributed by atoms with Gasteiger partial charge in [-0.1, -0.05) is 0 Å². The smallest absolute Gasteiger partial charge is 0.327 e. The van der Waals surface area contributed by atoms with Gasteiger partial charge in [0.05, 0.1) is 0 Å². The Morgan fingerprint density at radius 2 is 1.62 bits per heavy atom. The lowest BCUT2D eigenvalue weighted by molar-refractivity contribution is -0.146. The molecule has 0 spiro atoms. The summed E-state index contributed by atoms with van der Waals surface area (Å²) in [4.78, 5) is 0. The quantitative estimate of drug-likeness (QED) is 0.355. The van der Waals surface area contributed by atoms with Crippen molar-refractivity contribution in [3.05, 3.63) is 0 Å². The molecule has 0 unspecified atom stereocenters. The van der Waals surface area contributed by atoms with Crippen LogP contribution >= 0.6 is 0 Å². The molecule has 0 saturated carbocycles. The lowest BCUT2D eigenvalue weighted by atomic mass is 10.5. The number of alkyl halides is 4. The summed E-state index contributed by atoms with van der Waals surface area (Å²) in [6, 6.07) is 0. The number of hydrogen-bond acceptors (Lipinski definition) is 1. The molecular formula is C3H2F4O. The molecule has 0 bridgehead atoms. The predicted molar refractivity (Wildman–Crippen MR) is 15.8 cm³/mol. The van der Waals surface area contributed by atoms with Gasteiger partial charge in [0.1, 0.15) is 0 Å². The Hall–Kier alpha value is -0.320. The van der Waals surface area contributed by atoms with Crippen molar-refractivity contribution in [2.45, 2.75) is 18.6 Å². The summed E-state index contributed by atoms with van der Waals surface area (Å²) >= 11 is 0. The fraction of sp³-hybridized carbons (Fsp3) is 1.00. The van der Waals surface area contributed by atoms with Crippen LogP contribution in [-0.2, 0) is 4.74 Å². The van der Waals surface area contributed by atoms with Gasteiger partial charge in [-0.25, -0.2) is 4.39 Å². The van der Waals surface area contributed by atoms with Crippen molar-refractivity contribution in [1.29, 1.82) is 0 Å². The van der Waals surface area contributed by atoms with Crippen LogP contribution < -0.4 is 0 Å². The normalized spacial score (nSPS) is 37.5. The van der Waals surface area contributed by atoms with Gasteiger partial charge >= 0.3 is 6.18 Å². The van der Waals surface area contributed by atoms with Crippen molar-refractivity contribution in [1.82, 2.24) is 0 Å². The Kier molecular flexibility index (Phi) is 0.974. The molecule has 48 valence electrons. The van der Waals surface area contributed by atoms with Crippen LogP contribution in [0.3, 0.4) is 0 Å². The van der Waals surface area contributed by atoms with Gasteiger partial charge in [-0.15, -0.1) is 0 Å². The van der Waals surface area contributed by atoms with Crippen molar-refractivity contribution in [3.63, 3.8) is 0 Å². The Balaban J connectivity index is 2.39. The molecular weight excluding hydrogens is 128 g/mol. The summed E-state index contributed by atoms with van der Waals surface area (Å²) in [5, 5.41) is 0. The molecule has 0 aliphatic carbocycles. The zero-order valence-electron chi connectivity index (χ0n) is 3.57. The number of hydrogen-bond donors (Lipinski definition) is 0. The maximum atomic E-state index is 11.3. The minimum Gasteiger partial charge on any atom is -0.327 e. The van der Waals surface area contributed by atoms with Crippen molar-refractivity contribution in [3.8, 4) is 0 Å². The fourth-order valence-corrected chi connectivity index (χ4v) is 0.320. The number of epoxide rings is 1. The zero-order chi connectivity index (χ0) is 6.36. The molecule has 0 aromatic heterocycles. The lowest BCUT2D eigenvalue weighted by Gasteiger charge is -1.96. The Morgan fingerprint density at radius 3 is 1.62 bits per heavy atom. The van der Waals surface area contributed by atoms with E-state index in [1.807, 2.05) is 0 Å². The average molecular weight is 130 g/mol. The van der Waals surface area contributed by atoms with Crippen molar-refractivity contribution in [2.24, 2.45) is 0 Å². The maximum absolute atomic E-state index is 11.3. The molecule has 0 radical (unpaired) electrons. The molecule has 1 aliphatic heterocycles. The topological polar surface area (TPSA) is 12.5 Å². The number of rotatable bonds is 0. The van der Waals surface area contributed by atoms with E-state index < -0.39 is 18.6 Å². The third-order valence-corrected chi connectivity index (χ3v) is 0.761. The average Bonchev–Trinajstić information content (AvgIpc) is 2.13. The molecule has 1 aliphatic rings. The summed E-state index contributed by atoms with van der Waals surface area (Å²) in [6.45, 7) is 0. The van der Waals surface area contributed by atoms with E-state index in [0.29, 0.717) is 0 Å². The van der Waals surface area contributed by atoms with E-state index in [0.717, 1.165) is 0 Å². The fourth-order valence-electron chi connectivity index (χ4n) is 0.320. The van der Waals surface area contributed by atoms with Crippen LogP contribution in [-0.4, -0.2) is 18.6 Å². The first-order valence-electron chi connectivity index (χ1n) is 1.88. The summed E-state index contributed by atoms with van der Waals surface area (Å²) in [5.41, 5.74) is 0. The Labute approximate surface area is 42.2 Å². The van der Waals surface area contributed by atoms with E-state index in [4.69, 9.17) is 0 Å². The Morgan fingerprint density at radius 1 is 1.25 bits per heavy atom. The summed E-state index contributed by atoms with van der Waals surface area (Å²) in [6.07, 6.45) is -8.78. The highest BCUT2D eigenvalue weighted by Crippen LogP contribution is 2.37.